The molecule has 2 N–H and O–H groups in total. The third-order valence-electron chi connectivity index (χ3n) is 4.40. The number of nitrogens with zero attached hydrogens (tertiary/aromatic N) is 2. The normalized spacial score (nSPS) is 10.5. The van der Waals surface area contributed by atoms with Gasteiger partial charge in [0.05, 0.1) is 11.2 Å². The lowest BCUT2D eigenvalue weighted by atomic mass is 10.2. The fourth-order valence-corrected chi connectivity index (χ4v) is 2.91. The number of carbonyl (C=O) groups excluding carboxylic acids is 2. The number of pyridine rings is 2. The van der Waals surface area contributed by atoms with Gasteiger partial charge in [-0.05, 0) is 43.3 Å². The van der Waals surface area contributed by atoms with E-state index in [0.29, 0.717) is 16.9 Å². The Balaban J connectivity index is 1.54. The number of para-hydroxylation sites is 1. The molecule has 142 valence electrons. The van der Waals surface area contributed by atoms with E-state index in [1.807, 2.05) is 55.5 Å². The highest BCUT2D eigenvalue weighted by atomic mass is 16.2. The molecule has 0 saturated heterocycles. The van der Waals surface area contributed by atoms with Gasteiger partial charge >= 0.3 is 0 Å². The number of benzene rings is 2. The Labute approximate surface area is 167 Å². The third kappa shape index (κ3) is 4.11. The predicted molar refractivity (Wildman–Crippen MR) is 113 cm³/mol. The summed E-state index contributed by atoms with van der Waals surface area (Å²) in [6.07, 6.45) is 1.67. The molecule has 2 aromatic carbocycles. The fourth-order valence-electron chi connectivity index (χ4n) is 2.91. The SMILES string of the molecule is Cc1ccc(NC(=O)c2cccc(C(=O)Nc3cccc4cccnc34)n2)cc1. The maximum absolute atomic E-state index is 12.7. The maximum Gasteiger partial charge on any atom is 0.274 e. The number of anilines is 2. The van der Waals surface area contributed by atoms with E-state index >= 15 is 0 Å². The summed E-state index contributed by atoms with van der Waals surface area (Å²) < 4.78 is 0. The van der Waals surface area contributed by atoms with Crippen molar-refractivity contribution in [3.05, 3.63) is 95.9 Å². The second-order valence-electron chi connectivity index (χ2n) is 6.56. The number of nitrogens with one attached hydrogen (secondary N) is 2. The Bertz CT molecular complexity index is 1200. The van der Waals surface area contributed by atoms with Crippen LogP contribution in [0.2, 0.25) is 0 Å². The van der Waals surface area contributed by atoms with Crippen LogP contribution in [0, 0.1) is 6.92 Å². The van der Waals surface area contributed by atoms with Crippen LogP contribution in [0.4, 0.5) is 11.4 Å². The number of hydrogen-bond donors (Lipinski definition) is 2. The zero-order chi connectivity index (χ0) is 20.2. The number of carbonyl (C=O) groups is 2. The summed E-state index contributed by atoms with van der Waals surface area (Å²) >= 11 is 0. The van der Waals surface area contributed by atoms with Crippen molar-refractivity contribution in [3.8, 4) is 0 Å². The summed E-state index contributed by atoms with van der Waals surface area (Å²) in [5.74, 6) is -0.788. The van der Waals surface area contributed by atoms with Gasteiger partial charge < -0.3 is 10.6 Å². The van der Waals surface area contributed by atoms with E-state index in [1.54, 1.807) is 30.5 Å². The molecular weight excluding hydrogens is 364 g/mol. The third-order valence-corrected chi connectivity index (χ3v) is 4.40. The lowest BCUT2D eigenvalue weighted by Crippen LogP contribution is -2.18. The summed E-state index contributed by atoms with van der Waals surface area (Å²) in [5, 5.41) is 6.53. The van der Waals surface area contributed by atoms with Crippen molar-refractivity contribution in [2.45, 2.75) is 6.92 Å². The van der Waals surface area contributed by atoms with Gasteiger partial charge in [0.2, 0.25) is 0 Å². The quantitative estimate of drug-likeness (QED) is 0.546. The van der Waals surface area contributed by atoms with Crippen molar-refractivity contribution in [1.82, 2.24) is 9.97 Å². The number of hydrogen-bond acceptors (Lipinski definition) is 4. The van der Waals surface area contributed by atoms with Gasteiger partial charge in [0.25, 0.3) is 11.8 Å². The predicted octanol–water partition coefficient (Wildman–Crippen LogP) is 4.44. The zero-order valence-corrected chi connectivity index (χ0v) is 15.7. The van der Waals surface area contributed by atoms with Gasteiger partial charge in [0.1, 0.15) is 11.4 Å². The minimum absolute atomic E-state index is 0.148. The van der Waals surface area contributed by atoms with Crippen LogP contribution in [0.1, 0.15) is 26.5 Å². The molecule has 2 aromatic heterocycles. The molecule has 6 heteroatoms. The molecule has 0 radical (unpaired) electrons. The van der Waals surface area contributed by atoms with Gasteiger partial charge in [-0.15, -0.1) is 0 Å². The van der Waals surface area contributed by atoms with Gasteiger partial charge in [-0.25, -0.2) is 4.98 Å². The molecule has 0 bridgehead atoms. The molecule has 0 unspecified atom stereocenters. The second kappa shape index (κ2) is 7.90. The number of amides is 2. The zero-order valence-electron chi connectivity index (χ0n) is 15.7. The lowest BCUT2D eigenvalue weighted by molar-refractivity contribution is 0.101. The molecule has 29 heavy (non-hydrogen) atoms. The van der Waals surface area contributed by atoms with E-state index in [9.17, 15) is 9.59 Å². The molecule has 0 atom stereocenters. The van der Waals surface area contributed by atoms with Crippen molar-refractivity contribution < 1.29 is 9.59 Å². The second-order valence-corrected chi connectivity index (χ2v) is 6.56. The summed E-state index contributed by atoms with van der Waals surface area (Å²) in [6, 6.07) is 21.5. The number of rotatable bonds is 4. The smallest absolute Gasteiger partial charge is 0.274 e. The van der Waals surface area contributed by atoms with Crippen LogP contribution < -0.4 is 10.6 Å². The Hall–Kier alpha value is -4.06. The van der Waals surface area contributed by atoms with Crippen molar-refractivity contribution in [1.29, 1.82) is 0 Å². The topological polar surface area (TPSA) is 84.0 Å². The number of aromatic nitrogens is 2. The van der Waals surface area contributed by atoms with Gasteiger partial charge in [0.15, 0.2) is 0 Å². The van der Waals surface area contributed by atoms with Gasteiger partial charge in [0, 0.05) is 17.3 Å². The highest BCUT2D eigenvalue weighted by molar-refractivity contribution is 6.08. The molecule has 0 spiro atoms. The van der Waals surface area contributed by atoms with Gasteiger partial charge in [-0.1, -0.05) is 42.0 Å². The summed E-state index contributed by atoms with van der Waals surface area (Å²) in [5.41, 5.74) is 3.35. The van der Waals surface area contributed by atoms with Crippen molar-refractivity contribution in [3.63, 3.8) is 0 Å². The summed E-state index contributed by atoms with van der Waals surface area (Å²) in [7, 11) is 0. The summed E-state index contributed by atoms with van der Waals surface area (Å²) in [4.78, 5) is 33.7. The molecule has 0 aliphatic carbocycles. The molecule has 4 rings (SSSR count). The molecule has 0 saturated carbocycles. The van der Waals surface area contributed by atoms with Crippen LogP contribution in [0.25, 0.3) is 10.9 Å². The van der Waals surface area contributed by atoms with Crippen LogP contribution >= 0.6 is 0 Å². The average Bonchev–Trinajstić information content (AvgIpc) is 2.75. The minimum Gasteiger partial charge on any atom is -0.321 e. The lowest BCUT2D eigenvalue weighted by Gasteiger charge is -2.09. The molecule has 2 heterocycles. The Morgan fingerprint density at radius 3 is 2.17 bits per heavy atom. The Kier molecular flexibility index (Phi) is 4.99. The maximum atomic E-state index is 12.7. The summed E-state index contributed by atoms with van der Waals surface area (Å²) in [6.45, 7) is 1.97. The van der Waals surface area contributed by atoms with Crippen LogP contribution in [0.5, 0.6) is 0 Å². The molecule has 0 aliphatic heterocycles. The highest BCUT2D eigenvalue weighted by Gasteiger charge is 2.14. The first-order chi connectivity index (χ1) is 14.1. The molecule has 4 aromatic rings. The fraction of sp³-hybridized carbons (Fsp3) is 0.0435. The molecule has 2 amide bonds. The first-order valence-corrected chi connectivity index (χ1v) is 9.10. The van der Waals surface area contributed by atoms with Crippen LogP contribution in [-0.2, 0) is 0 Å². The minimum atomic E-state index is -0.409. The number of fused-ring (bicyclic) bond motifs is 1. The van der Waals surface area contributed by atoms with E-state index in [1.165, 1.54) is 0 Å². The molecule has 0 aliphatic rings. The highest BCUT2D eigenvalue weighted by Crippen LogP contribution is 2.21. The van der Waals surface area contributed by atoms with Crippen LogP contribution in [-0.4, -0.2) is 21.8 Å². The van der Waals surface area contributed by atoms with Gasteiger partial charge in [-0.2, -0.15) is 0 Å². The number of aryl methyl sites for hydroxylation is 1. The molecular formula is C23H18N4O2. The standard InChI is InChI=1S/C23H18N4O2/c1-15-10-12-17(13-11-15)25-22(28)19-8-3-9-20(26-19)23(29)27-18-7-2-5-16-6-4-14-24-21(16)18/h2-14H,1H3,(H,25,28)(H,27,29). The first kappa shape index (κ1) is 18.3. The van der Waals surface area contributed by atoms with Crippen molar-refractivity contribution >= 4 is 34.1 Å². The molecule has 0 fully saturated rings. The van der Waals surface area contributed by atoms with Crippen LogP contribution in [0.3, 0.4) is 0 Å². The van der Waals surface area contributed by atoms with E-state index in [2.05, 4.69) is 20.6 Å². The van der Waals surface area contributed by atoms with E-state index in [-0.39, 0.29) is 17.3 Å². The monoisotopic (exact) mass is 382 g/mol. The van der Waals surface area contributed by atoms with Gasteiger partial charge in [-0.3, -0.25) is 14.6 Å². The van der Waals surface area contributed by atoms with E-state index in [0.717, 1.165) is 10.9 Å². The van der Waals surface area contributed by atoms with Crippen LogP contribution in [0.15, 0.2) is 79.0 Å². The average molecular weight is 382 g/mol. The largest absolute Gasteiger partial charge is 0.321 e. The van der Waals surface area contributed by atoms with E-state index < -0.39 is 5.91 Å². The Morgan fingerprint density at radius 1 is 0.759 bits per heavy atom. The van der Waals surface area contributed by atoms with Crippen molar-refractivity contribution in [2.75, 3.05) is 10.6 Å². The Morgan fingerprint density at radius 2 is 1.41 bits per heavy atom. The van der Waals surface area contributed by atoms with Crippen molar-refractivity contribution in [2.24, 2.45) is 0 Å². The molecule has 6 nitrogen and oxygen atoms in total. The van der Waals surface area contributed by atoms with E-state index in [4.69, 9.17) is 0 Å². The first-order valence-electron chi connectivity index (χ1n) is 9.10.